The summed E-state index contributed by atoms with van der Waals surface area (Å²) >= 11 is 0. The summed E-state index contributed by atoms with van der Waals surface area (Å²) in [7, 11) is 2.45. The Balaban J connectivity index is 2.18. The Morgan fingerprint density at radius 2 is 1.68 bits per heavy atom. The monoisotopic (exact) mass is 280 g/mol. The Labute approximate surface area is 119 Å². The highest BCUT2D eigenvalue weighted by molar-refractivity contribution is 7.18. The van der Waals surface area contributed by atoms with E-state index in [9.17, 15) is 4.79 Å². The number of benzene rings is 1. The van der Waals surface area contributed by atoms with Gasteiger partial charge in [-0.15, -0.1) is 9.24 Å². The molecule has 0 saturated carbocycles. The second-order valence-electron chi connectivity index (χ2n) is 4.77. The summed E-state index contributed by atoms with van der Waals surface area (Å²) < 4.78 is 5.66. The summed E-state index contributed by atoms with van der Waals surface area (Å²) in [4.78, 5) is 11.4. The van der Waals surface area contributed by atoms with Crippen LogP contribution in [0.1, 0.15) is 55.8 Å². The maximum atomic E-state index is 11.4. The highest BCUT2D eigenvalue weighted by Crippen LogP contribution is 2.14. The Morgan fingerprint density at radius 3 is 2.32 bits per heavy atom. The van der Waals surface area contributed by atoms with Crippen LogP contribution in [0.4, 0.5) is 0 Å². The molecule has 0 aliphatic heterocycles. The highest BCUT2D eigenvalue weighted by Gasteiger charge is 2.02. The molecule has 1 unspecified atom stereocenters. The molecule has 2 nitrogen and oxygen atoms in total. The van der Waals surface area contributed by atoms with Crippen LogP contribution in [0.25, 0.3) is 0 Å². The van der Waals surface area contributed by atoms with Crippen LogP contribution in [0.5, 0.6) is 5.75 Å². The maximum absolute atomic E-state index is 11.4. The number of ether oxygens (including phenoxy) is 1. The lowest BCUT2D eigenvalue weighted by atomic mass is 10.1. The van der Waals surface area contributed by atoms with Crippen molar-refractivity contribution in [3.05, 3.63) is 29.8 Å². The summed E-state index contributed by atoms with van der Waals surface area (Å²) in [5.74, 6) is 1.00. The molecule has 1 atom stereocenters. The molecule has 0 aliphatic rings. The first-order chi connectivity index (χ1) is 9.27. The van der Waals surface area contributed by atoms with E-state index in [-0.39, 0.29) is 5.78 Å². The van der Waals surface area contributed by atoms with Crippen LogP contribution in [-0.4, -0.2) is 18.6 Å². The van der Waals surface area contributed by atoms with Crippen molar-refractivity contribution in [1.29, 1.82) is 0 Å². The van der Waals surface area contributed by atoms with Crippen molar-refractivity contribution in [3.63, 3.8) is 0 Å². The van der Waals surface area contributed by atoms with Gasteiger partial charge >= 0.3 is 0 Å². The SMILES string of the molecule is CCCCCCCCOc1ccc(C(=O)CP)cc1. The molecule has 0 aromatic heterocycles. The smallest absolute Gasteiger partial charge is 0.166 e. The van der Waals surface area contributed by atoms with Gasteiger partial charge in [0.05, 0.1) is 6.61 Å². The number of carbonyl (C=O) groups is 1. The molecular weight excluding hydrogens is 255 g/mol. The van der Waals surface area contributed by atoms with Crippen molar-refractivity contribution in [2.24, 2.45) is 0 Å². The summed E-state index contributed by atoms with van der Waals surface area (Å²) in [5.41, 5.74) is 0.752. The van der Waals surface area contributed by atoms with Crippen LogP contribution in [0.15, 0.2) is 24.3 Å². The topological polar surface area (TPSA) is 26.3 Å². The molecule has 0 heterocycles. The molecule has 1 rings (SSSR count). The van der Waals surface area contributed by atoms with E-state index in [0.717, 1.165) is 24.3 Å². The Morgan fingerprint density at radius 1 is 1.05 bits per heavy atom. The largest absolute Gasteiger partial charge is 0.494 e. The zero-order valence-electron chi connectivity index (χ0n) is 11.9. The van der Waals surface area contributed by atoms with E-state index in [1.165, 1.54) is 32.1 Å². The predicted molar refractivity (Wildman–Crippen MR) is 84.2 cm³/mol. The minimum Gasteiger partial charge on any atom is -0.494 e. The minimum atomic E-state index is 0.146. The van der Waals surface area contributed by atoms with Gasteiger partial charge in [-0.25, -0.2) is 0 Å². The summed E-state index contributed by atoms with van der Waals surface area (Å²) in [5, 5.41) is 0. The first-order valence-electron chi connectivity index (χ1n) is 7.24. The standard InChI is InChI=1S/C16H25O2P/c1-2-3-4-5-6-7-12-18-15-10-8-14(9-11-15)16(17)13-19/h8-11H,2-7,12-13,19H2,1H3. The molecule has 0 N–H and O–H groups in total. The first kappa shape index (κ1) is 16.2. The fourth-order valence-electron chi connectivity index (χ4n) is 1.93. The van der Waals surface area contributed by atoms with E-state index in [2.05, 4.69) is 16.2 Å². The van der Waals surface area contributed by atoms with E-state index in [1.807, 2.05) is 24.3 Å². The quantitative estimate of drug-likeness (QED) is 0.359. The van der Waals surface area contributed by atoms with Gasteiger partial charge in [0.2, 0.25) is 0 Å². The van der Waals surface area contributed by atoms with Gasteiger partial charge < -0.3 is 4.74 Å². The van der Waals surface area contributed by atoms with E-state index < -0.39 is 0 Å². The van der Waals surface area contributed by atoms with Gasteiger partial charge in [-0.3, -0.25) is 4.79 Å². The molecule has 0 aliphatic carbocycles. The molecule has 106 valence electrons. The third-order valence-electron chi connectivity index (χ3n) is 3.13. The Hall–Kier alpha value is -0.880. The second-order valence-corrected chi connectivity index (χ2v) is 5.18. The van der Waals surface area contributed by atoms with Crippen molar-refractivity contribution in [2.45, 2.75) is 45.4 Å². The third kappa shape index (κ3) is 6.73. The van der Waals surface area contributed by atoms with E-state index in [1.54, 1.807) is 0 Å². The van der Waals surface area contributed by atoms with E-state index >= 15 is 0 Å². The van der Waals surface area contributed by atoms with Gasteiger partial charge in [-0.05, 0) is 30.7 Å². The maximum Gasteiger partial charge on any atom is 0.166 e. The first-order valence-corrected chi connectivity index (χ1v) is 8.05. The van der Waals surface area contributed by atoms with Gasteiger partial charge in [0, 0.05) is 11.7 Å². The van der Waals surface area contributed by atoms with Gasteiger partial charge in [0.15, 0.2) is 5.78 Å². The van der Waals surface area contributed by atoms with Crippen molar-refractivity contribution in [1.82, 2.24) is 0 Å². The summed E-state index contributed by atoms with van der Waals surface area (Å²) in [6.45, 7) is 3.00. The average molecular weight is 280 g/mol. The van der Waals surface area contributed by atoms with Gasteiger partial charge in [0.25, 0.3) is 0 Å². The second kappa shape index (κ2) is 9.97. The van der Waals surface area contributed by atoms with Crippen molar-refractivity contribution in [2.75, 3.05) is 12.8 Å². The number of carbonyl (C=O) groups excluding carboxylic acids is 1. The molecular formula is C16H25O2P. The molecule has 0 spiro atoms. The van der Waals surface area contributed by atoms with Gasteiger partial charge in [-0.2, -0.15) is 0 Å². The molecule has 19 heavy (non-hydrogen) atoms. The summed E-state index contributed by atoms with van der Waals surface area (Å²) in [6.07, 6.45) is 8.09. The summed E-state index contributed by atoms with van der Waals surface area (Å²) in [6, 6.07) is 7.43. The van der Waals surface area contributed by atoms with Crippen LogP contribution in [0.2, 0.25) is 0 Å². The number of Topliss-reactive ketones (excluding diaryl/α,β-unsaturated/α-hetero) is 1. The molecule has 0 radical (unpaired) electrons. The fraction of sp³-hybridized carbons (Fsp3) is 0.562. The molecule has 0 saturated heterocycles. The lowest BCUT2D eigenvalue weighted by Crippen LogP contribution is -2.01. The van der Waals surface area contributed by atoms with Crippen LogP contribution in [0.3, 0.4) is 0 Å². The van der Waals surface area contributed by atoms with Crippen molar-refractivity contribution in [3.8, 4) is 5.75 Å². The van der Waals surface area contributed by atoms with E-state index in [0.29, 0.717) is 6.16 Å². The highest BCUT2D eigenvalue weighted by atomic mass is 31.0. The van der Waals surface area contributed by atoms with Gasteiger partial charge in [0.1, 0.15) is 5.75 Å². The molecule has 0 bridgehead atoms. The van der Waals surface area contributed by atoms with Crippen molar-refractivity contribution < 1.29 is 9.53 Å². The normalized spacial score (nSPS) is 10.4. The van der Waals surface area contributed by atoms with E-state index in [4.69, 9.17) is 4.74 Å². The Kier molecular flexibility index (Phi) is 8.49. The molecule has 1 aromatic rings. The van der Waals surface area contributed by atoms with Crippen LogP contribution in [-0.2, 0) is 0 Å². The molecule has 0 fully saturated rings. The number of rotatable bonds is 10. The van der Waals surface area contributed by atoms with Gasteiger partial charge in [-0.1, -0.05) is 39.0 Å². The number of unbranched alkanes of at least 4 members (excludes halogenated alkanes) is 5. The lowest BCUT2D eigenvalue weighted by Gasteiger charge is -2.06. The number of hydrogen-bond donors (Lipinski definition) is 0. The zero-order chi connectivity index (χ0) is 13.9. The molecule has 3 heteroatoms. The van der Waals surface area contributed by atoms with Crippen LogP contribution < -0.4 is 4.74 Å². The molecule has 1 aromatic carbocycles. The van der Waals surface area contributed by atoms with Crippen LogP contribution >= 0.6 is 9.24 Å². The zero-order valence-corrected chi connectivity index (χ0v) is 13.0. The third-order valence-corrected chi connectivity index (χ3v) is 3.50. The Bertz CT molecular complexity index is 360. The molecule has 0 amide bonds. The fourth-order valence-corrected chi connectivity index (χ4v) is 2.16. The number of ketones is 1. The minimum absolute atomic E-state index is 0.146. The van der Waals surface area contributed by atoms with Crippen LogP contribution in [0, 0.1) is 0 Å². The number of hydrogen-bond acceptors (Lipinski definition) is 2. The lowest BCUT2D eigenvalue weighted by molar-refractivity contribution is 0.102. The average Bonchev–Trinajstić information content (AvgIpc) is 2.46. The van der Waals surface area contributed by atoms with Crippen molar-refractivity contribution >= 4 is 15.0 Å². The predicted octanol–water partition coefficient (Wildman–Crippen LogP) is 4.48.